The molecular weight excluding hydrogens is 306 g/mol. The topological polar surface area (TPSA) is 76.4 Å². The number of ether oxygens (including phenoxy) is 1. The monoisotopic (exact) mass is 327 g/mol. The summed E-state index contributed by atoms with van der Waals surface area (Å²) in [4.78, 5) is 12.3. The summed E-state index contributed by atoms with van der Waals surface area (Å²) >= 11 is 0. The number of anilines is 2. The molecule has 1 heterocycles. The molecule has 2 amide bonds. The number of nitrogens with one attached hydrogen (secondary N) is 2. The van der Waals surface area contributed by atoms with Crippen molar-refractivity contribution in [3.8, 4) is 5.75 Å². The third-order valence-electron chi connectivity index (χ3n) is 4.52. The maximum absolute atomic E-state index is 12.3. The van der Waals surface area contributed by atoms with E-state index >= 15 is 0 Å². The smallest absolute Gasteiger partial charge is 0.323 e. The van der Waals surface area contributed by atoms with Gasteiger partial charge in [-0.1, -0.05) is 11.2 Å². The van der Waals surface area contributed by atoms with Gasteiger partial charge in [0.1, 0.15) is 17.1 Å². The number of aryl methyl sites for hydroxylation is 1. The Morgan fingerprint density at radius 2 is 2.08 bits per heavy atom. The van der Waals surface area contributed by atoms with Crippen LogP contribution in [0.5, 0.6) is 5.75 Å². The largest absolute Gasteiger partial charge is 0.490 e. The Balaban J connectivity index is 1.40. The van der Waals surface area contributed by atoms with Gasteiger partial charge in [0.25, 0.3) is 0 Å². The second kappa shape index (κ2) is 6.19. The number of hydrogen-bond donors (Lipinski definition) is 2. The first kappa shape index (κ1) is 15.1. The van der Waals surface area contributed by atoms with Crippen LogP contribution in [0.25, 0.3) is 0 Å². The third-order valence-corrected chi connectivity index (χ3v) is 4.52. The fourth-order valence-corrected chi connectivity index (χ4v) is 2.77. The maximum Gasteiger partial charge on any atom is 0.323 e. The summed E-state index contributed by atoms with van der Waals surface area (Å²) in [6.45, 7) is 1.83. The molecule has 126 valence electrons. The lowest BCUT2D eigenvalue weighted by atomic mass is 9.96. The van der Waals surface area contributed by atoms with Crippen molar-refractivity contribution in [1.82, 2.24) is 5.16 Å². The van der Waals surface area contributed by atoms with Gasteiger partial charge in [-0.2, -0.15) is 0 Å². The molecule has 6 heteroatoms. The van der Waals surface area contributed by atoms with E-state index in [1.54, 1.807) is 0 Å². The summed E-state index contributed by atoms with van der Waals surface area (Å²) in [6.07, 6.45) is 5.93. The SMILES string of the molecule is Cc1noc(C2CC2)c1NC(=O)Nc1cccc(OC2CCC2)c1. The van der Waals surface area contributed by atoms with E-state index in [1.807, 2.05) is 31.2 Å². The number of rotatable bonds is 5. The molecule has 0 bridgehead atoms. The van der Waals surface area contributed by atoms with E-state index in [2.05, 4.69) is 15.8 Å². The average molecular weight is 327 g/mol. The van der Waals surface area contributed by atoms with Gasteiger partial charge in [0.15, 0.2) is 5.76 Å². The first-order valence-electron chi connectivity index (χ1n) is 8.50. The van der Waals surface area contributed by atoms with E-state index in [1.165, 1.54) is 6.42 Å². The van der Waals surface area contributed by atoms with Gasteiger partial charge in [-0.25, -0.2) is 4.79 Å². The van der Waals surface area contributed by atoms with Gasteiger partial charge in [0.2, 0.25) is 0 Å². The fourth-order valence-electron chi connectivity index (χ4n) is 2.77. The second-order valence-corrected chi connectivity index (χ2v) is 6.56. The molecule has 1 aromatic heterocycles. The molecule has 24 heavy (non-hydrogen) atoms. The molecule has 0 aliphatic heterocycles. The zero-order chi connectivity index (χ0) is 16.5. The Bertz CT molecular complexity index is 748. The molecule has 1 aromatic carbocycles. The lowest BCUT2D eigenvalue weighted by molar-refractivity contribution is 0.120. The van der Waals surface area contributed by atoms with Crippen molar-refractivity contribution in [3.05, 3.63) is 35.7 Å². The Hall–Kier alpha value is -2.50. The highest BCUT2D eigenvalue weighted by atomic mass is 16.5. The molecule has 2 aliphatic carbocycles. The molecule has 0 spiro atoms. The molecular formula is C18H21N3O3. The van der Waals surface area contributed by atoms with E-state index in [-0.39, 0.29) is 6.03 Å². The van der Waals surface area contributed by atoms with E-state index in [0.29, 0.717) is 29.1 Å². The predicted molar refractivity (Wildman–Crippen MR) is 90.6 cm³/mol. The second-order valence-electron chi connectivity index (χ2n) is 6.56. The predicted octanol–water partition coefficient (Wildman–Crippen LogP) is 4.44. The van der Waals surface area contributed by atoms with Crippen LogP contribution in [0.15, 0.2) is 28.8 Å². The quantitative estimate of drug-likeness (QED) is 0.851. The minimum atomic E-state index is -0.302. The summed E-state index contributed by atoms with van der Waals surface area (Å²) in [5.41, 5.74) is 2.09. The minimum absolute atomic E-state index is 0.302. The van der Waals surface area contributed by atoms with Crippen LogP contribution < -0.4 is 15.4 Å². The summed E-state index contributed by atoms with van der Waals surface area (Å²) < 4.78 is 11.2. The molecule has 0 unspecified atom stereocenters. The van der Waals surface area contributed by atoms with Gasteiger partial charge in [-0.15, -0.1) is 0 Å². The lowest BCUT2D eigenvalue weighted by Crippen LogP contribution is -2.24. The normalized spacial score (nSPS) is 17.2. The Labute approximate surface area is 140 Å². The van der Waals surface area contributed by atoms with Crippen molar-refractivity contribution in [2.45, 2.75) is 51.0 Å². The van der Waals surface area contributed by atoms with Crippen molar-refractivity contribution in [2.75, 3.05) is 10.6 Å². The number of hydrogen-bond acceptors (Lipinski definition) is 4. The van der Waals surface area contributed by atoms with Crippen molar-refractivity contribution in [2.24, 2.45) is 0 Å². The summed E-state index contributed by atoms with van der Waals surface area (Å²) in [6, 6.07) is 7.18. The van der Waals surface area contributed by atoms with Crippen molar-refractivity contribution in [3.63, 3.8) is 0 Å². The van der Waals surface area contributed by atoms with Crippen LogP contribution in [0, 0.1) is 6.92 Å². The summed E-state index contributed by atoms with van der Waals surface area (Å²) in [5.74, 6) is 1.96. The van der Waals surface area contributed by atoms with Crippen LogP contribution in [0.1, 0.15) is 49.5 Å². The molecule has 2 aromatic rings. The van der Waals surface area contributed by atoms with E-state index < -0.39 is 0 Å². The number of carbonyl (C=O) groups excluding carboxylic acids is 1. The first-order valence-corrected chi connectivity index (χ1v) is 8.50. The van der Waals surface area contributed by atoms with Crippen LogP contribution in [0.2, 0.25) is 0 Å². The Kier molecular flexibility index (Phi) is 3.88. The number of aromatic nitrogens is 1. The molecule has 4 rings (SSSR count). The highest BCUT2D eigenvalue weighted by molar-refractivity contribution is 6.00. The fraction of sp³-hybridized carbons (Fsp3) is 0.444. The summed E-state index contributed by atoms with van der Waals surface area (Å²) in [5, 5.41) is 9.67. The molecule has 2 saturated carbocycles. The highest BCUT2D eigenvalue weighted by Crippen LogP contribution is 2.44. The zero-order valence-electron chi connectivity index (χ0n) is 13.7. The minimum Gasteiger partial charge on any atom is -0.490 e. The van der Waals surface area contributed by atoms with Gasteiger partial charge >= 0.3 is 6.03 Å². The van der Waals surface area contributed by atoms with Crippen molar-refractivity contribution in [1.29, 1.82) is 0 Å². The molecule has 6 nitrogen and oxygen atoms in total. The molecule has 2 N–H and O–H groups in total. The standard InChI is InChI=1S/C18H21N3O3/c1-11-16(17(24-21-11)12-8-9-12)20-18(22)19-13-4-2-7-15(10-13)23-14-5-3-6-14/h2,4,7,10,12,14H,3,5-6,8-9H2,1H3,(H2,19,20,22). The van der Waals surface area contributed by atoms with Crippen molar-refractivity contribution < 1.29 is 14.1 Å². The van der Waals surface area contributed by atoms with Crippen molar-refractivity contribution >= 4 is 17.4 Å². The van der Waals surface area contributed by atoms with Gasteiger partial charge in [-0.05, 0) is 51.2 Å². The van der Waals surface area contributed by atoms with Crippen LogP contribution in [0.3, 0.4) is 0 Å². The number of amides is 2. The van der Waals surface area contributed by atoms with Gasteiger partial charge < -0.3 is 19.9 Å². The molecule has 2 fully saturated rings. The van der Waals surface area contributed by atoms with Crippen LogP contribution >= 0.6 is 0 Å². The first-order chi connectivity index (χ1) is 11.7. The third kappa shape index (κ3) is 3.22. The molecule has 0 saturated heterocycles. The number of benzene rings is 1. The summed E-state index contributed by atoms with van der Waals surface area (Å²) in [7, 11) is 0. The zero-order valence-corrected chi connectivity index (χ0v) is 13.7. The van der Waals surface area contributed by atoms with E-state index in [4.69, 9.17) is 9.26 Å². The van der Waals surface area contributed by atoms with Crippen LogP contribution in [-0.2, 0) is 0 Å². The lowest BCUT2D eigenvalue weighted by Gasteiger charge is -2.26. The highest BCUT2D eigenvalue weighted by Gasteiger charge is 2.32. The van der Waals surface area contributed by atoms with Gasteiger partial charge in [-0.3, -0.25) is 0 Å². The van der Waals surface area contributed by atoms with Crippen LogP contribution in [0.4, 0.5) is 16.2 Å². The van der Waals surface area contributed by atoms with Gasteiger partial charge in [0.05, 0.1) is 6.10 Å². The number of urea groups is 1. The molecule has 0 atom stereocenters. The van der Waals surface area contributed by atoms with Crippen LogP contribution in [-0.4, -0.2) is 17.3 Å². The van der Waals surface area contributed by atoms with E-state index in [9.17, 15) is 4.79 Å². The number of nitrogens with zero attached hydrogens (tertiary/aromatic N) is 1. The molecule has 2 aliphatic rings. The maximum atomic E-state index is 12.3. The Morgan fingerprint density at radius 1 is 1.25 bits per heavy atom. The molecule has 0 radical (unpaired) electrons. The van der Waals surface area contributed by atoms with E-state index in [0.717, 1.165) is 37.2 Å². The van der Waals surface area contributed by atoms with Gasteiger partial charge in [0, 0.05) is 17.7 Å². The average Bonchev–Trinajstić information content (AvgIpc) is 3.30. The Morgan fingerprint density at radius 3 is 2.79 bits per heavy atom. The number of carbonyl (C=O) groups is 1.